The second kappa shape index (κ2) is 11.8. The monoisotopic (exact) mass is 573 g/mol. The third kappa shape index (κ3) is 6.15. The average Bonchev–Trinajstić information content (AvgIpc) is 3.63. The van der Waals surface area contributed by atoms with Crippen molar-refractivity contribution >= 4 is 32.7 Å². The first-order chi connectivity index (χ1) is 19.7. The SMILES string of the molecule is COc1cc(C(=O)NS(=O)(=O)c2ccccc2C)ccc1Cn1ccc2ccc(CC(=O)N(C)C3CCCC3)cc21. The molecular weight excluding hydrogens is 538 g/mol. The molecule has 0 saturated heterocycles. The van der Waals surface area contributed by atoms with Gasteiger partial charge in [-0.2, -0.15) is 0 Å². The summed E-state index contributed by atoms with van der Waals surface area (Å²) in [5, 5.41) is 1.06. The Labute approximate surface area is 241 Å². The van der Waals surface area contributed by atoms with Crippen LogP contribution < -0.4 is 9.46 Å². The van der Waals surface area contributed by atoms with Gasteiger partial charge in [0, 0.05) is 35.9 Å². The van der Waals surface area contributed by atoms with Crippen molar-refractivity contribution in [2.24, 2.45) is 0 Å². The van der Waals surface area contributed by atoms with E-state index in [1.54, 1.807) is 43.3 Å². The van der Waals surface area contributed by atoms with Gasteiger partial charge in [0.15, 0.2) is 0 Å². The van der Waals surface area contributed by atoms with E-state index in [4.69, 9.17) is 4.74 Å². The smallest absolute Gasteiger partial charge is 0.265 e. The van der Waals surface area contributed by atoms with Gasteiger partial charge in [-0.3, -0.25) is 9.59 Å². The quantitative estimate of drug-likeness (QED) is 0.302. The lowest BCUT2D eigenvalue weighted by atomic mass is 10.1. The number of nitrogens with one attached hydrogen (secondary N) is 1. The van der Waals surface area contributed by atoms with Crippen LogP contribution in [0.3, 0.4) is 0 Å². The Morgan fingerprint density at radius 3 is 2.51 bits per heavy atom. The van der Waals surface area contributed by atoms with Gasteiger partial charge in [-0.05, 0) is 66.6 Å². The summed E-state index contributed by atoms with van der Waals surface area (Å²) in [7, 11) is -0.601. The lowest BCUT2D eigenvalue weighted by Crippen LogP contribution is -2.36. The molecule has 0 bridgehead atoms. The third-order valence-electron chi connectivity index (χ3n) is 7.96. The number of aryl methyl sites for hydroxylation is 1. The first-order valence-electron chi connectivity index (χ1n) is 13.8. The standard InChI is InChI=1S/C32H35N3O5S/c1-22-8-4-7-11-30(22)41(38,39)33-32(37)25-14-15-26(29(20-25)40-3)21-35-17-16-24-13-12-23(18-28(24)35)19-31(36)34(2)27-9-5-6-10-27/h4,7-8,11-18,20,27H,5-6,9-10,19,21H2,1-3H3,(H,33,37). The van der Waals surface area contributed by atoms with Crippen LogP contribution in [0.25, 0.3) is 10.9 Å². The van der Waals surface area contributed by atoms with E-state index >= 15 is 0 Å². The van der Waals surface area contributed by atoms with Crippen LogP contribution in [0.2, 0.25) is 0 Å². The van der Waals surface area contributed by atoms with Crippen molar-refractivity contribution in [3.8, 4) is 5.75 Å². The van der Waals surface area contributed by atoms with Gasteiger partial charge in [0.2, 0.25) is 5.91 Å². The molecule has 214 valence electrons. The number of benzene rings is 3. The van der Waals surface area contributed by atoms with Crippen molar-refractivity contribution < 1.29 is 22.7 Å². The molecule has 4 aromatic rings. The van der Waals surface area contributed by atoms with Crippen LogP contribution in [0.4, 0.5) is 0 Å². The summed E-state index contributed by atoms with van der Waals surface area (Å²) in [6.45, 7) is 2.15. The van der Waals surface area contributed by atoms with E-state index in [1.165, 1.54) is 26.0 Å². The van der Waals surface area contributed by atoms with Gasteiger partial charge in [-0.15, -0.1) is 0 Å². The molecule has 1 heterocycles. The Balaban J connectivity index is 1.33. The molecule has 1 aromatic heterocycles. The van der Waals surface area contributed by atoms with Crippen molar-refractivity contribution in [1.29, 1.82) is 0 Å². The summed E-state index contributed by atoms with van der Waals surface area (Å²) < 4.78 is 35.4. The fourth-order valence-corrected chi connectivity index (χ4v) is 6.79. The van der Waals surface area contributed by atoms with Crippen LogP contribution in [0.1, 0.15) is 52.7 Å². The Morgan fingerprint density at radius 2 is 1.78 bits per heavy atom. The maximum absolute atomic E-state index is 12.9. The molecule has 1 fully saturated rings. The Kier molecular flexibility index (Phi) is 8.17. The van der Waals surface area contributed by atoms with Gasteiger partial charge in [0.1, 0.15) is 5.75 Å². The molecule has 1 N–H and O–H groups in total. The normalized spacial score (nSPS) is 13.8. The molecule has 9 heteroatoms. The molecule has 0 spiro atoms. The second-order valence-electron chi connectivity index (χ2n) is 10.7. The van der Waals surface area contributed by atoms with Gasteiger partial charge in [0.05, 0.1) is 25.0 Å². The van der Waals surface area contributed by atoms with Gasteiger partial charge < -0.3 is 14.2 Å². The highest BCUT2D eigenvalue weighted by Gasteiger charge is 2.24. The number of aromatic nitrogens is 1. The van der Waals surface area contributed by atoms with E-state index < -0.39 is 15.9 Å². The third-order valence-corrected chi connectivity index (χ3v) is 9.45. The van der Waals surface area contributed by atoms with Gasteiger partial charge in [-0.25, -0.2) is 13.1 Å². The first-order valence-corrected chi connectivity index (χ1v) is 15.3. The molecule has 1 saturated carbocycles. The number of likely N-dealkylation sites (N-methyl/N-ethyl adjacent to an activating group) is 1. The number of hydrogen-bond acceptors (Lipinski definition) is 5. The molecule has 8 nitrogen and oxygen atoms in total. The molecule has 1 aliphatic rings. The van der Waals surface area contributed by atoms with Crippen molar-refractivity contribution in [3.63, 3.8) is 0 Å². The highest BCUT2D eigenvalue weighted by molar-refractivity contribution is 7.90. The summed E-state index contributed by atoms with van der Waals surface area (Å²) in [6, 6.07) is 19.9. The highest BCUT2D eigenvalue weighted by Crippen LogP contribution is 2.26. The predicted molar refractivity (Wildman–Crippen MR) is 159 cm³/mol. The molecule has 41 heavy (non-hydrogen) atoms. The zero-order valence-electron chi connectivity index (χ0n) is 23.6. The van der Waals surface area contributed by atoms with Crippen LogP contribution in [0.5, 0.6) is 5.75 Å². The van der Waals surface area contributed by atoms with E-state index in [-0.39, 0.29) is 16.4 Å². The van der Waals surface area contributed by atoms with E-state index in [2.05, 4.69) is 15.4 Å². The summed E-state index contributed by atoms with van der Waals surface area (Å²) in [5.74, 6) is -0.131. The van der Waals surface area contributed by atoms with Gasteiger partial charge in [0.25, 0.3) is 15.9 Å². The lowest BCUT2D eigenvalue weighted by molar-refractivity contribution is -0.131. The van der Waals surface area contributed by atoms with Crippen LogP contribution >= 0.6 is 0 Å². The Bertz CT molecular complexity index is 1700. The zero-order chi connectivity index (χ0) is 29.1. The minimum atomic E-state index is -4.03. The number of sulfonamides is 1. The summed E-state index contributed by atoms with van der Waals surface area (Å²) in [4.78, 5) is 27.8. The van der Waals surface area contributed by atoms with E-state index in [0.29, 0.717) is 30.3 Å². The fraction of sp³-hybridized carbons (Fsp3) is 0.312. The average molecular weight is 574 g/mol. The number of ether oxygens (including phenoxy) is 1. The number of rotatable bonds is 9. The number of methoxy groups -OCH3 is 1. The summed E-state index contributed by atoms with van der Waals surface area (Å²) in [6.07, 6.45) is 6.86. The Morgan fingerprint density at radius 1 is 1.02 bits per heavy atom. The van der Waals surface area contributed by atoms with E-state index in [9.17, 15) is 18.0 Å². The number of amides is 2. The first kappa shape index (κ1) is 28.4. The van der Waals surface area contributed by atoms with Crippen LogP contribution in [0.15, 0.2) is 77.8 Å². The minimum absolute atomic E-state index is 0.0580. The van der Waals surface area contributed by atoms with E-state index in [1.807, 2.05) is 36.3 Å². The second-order valence-corrected chi connectivity index (χ2v) is 12.3. The number of hydrogen-bond donors (Lipinski definition) is 1. The largest absolute Gasteiger partial charge is 0.496 e. The van der Waals surface area contributed by atoms with Crippen molar-refractivity contribution in [3.05, 3.63) is 95.2 Å². The fourth-order valence-electron chi connectivity index (χ4n) is 5.57. The maximum atomic E-state index is 12.9. The van der Waals surface area contributed by atoms with Gasteiger partial charge >= 0.3 is 0 Å². The zero-order valence-corrected chi connectivity index (χ0v) is 24.4. The molecule has 3 aromatic carbocycles. The molecular formula is C32H35N3O5S. The van der Waals surface area contributed by atoms with Crippen molar-refractivity contribution in [2.45, 2.75) is 56.5 Å². The van der Waals surface area contributed by atoms with Crippen molar-refractivity contribution in [2.75, 3.05) is 14.2 Å². The number of carbonyl (C=O) groups is 2. The molecule has 2 amide bonds. The number of fused-ring (bicyclic) bond motifs is 1. The maximum Gasteiger partial charge on any atom is 0.265 e. The molecule has 0 unspecified atom stereocenters. The highest BCUT2D eigenvalue weighted by atomic mass is 32.2. The Hall–Kier alpha value is -4.11. The van der Waals surface area contributed by atoms with Crippen LogP contribution in [0, 0.1) is 6.92 Å². The summed E-state index contributed by atoms with van der Waals surface area (Å²) >= 11 is 0. The van der Waals surface area contributed by atoms with Gasteiger partial charge in [-0.1, -0.05) is 49.2 Å². The minimum Gasteiger partial charge on any atom is -0.496 e. The number of nitrogens with zero attached hydrogens (tertiary/aromatic N) is 2. The van der Waals surface area contributed by atoms with Crippen molar-refractivity contribution in [1.82, 2.24) is 14.2 Å². The summed E-state index contributed by atoms with van der Waals surface area (Å²) in [5.41, 5.74) is 3.50. The van der Waals surface area contributed by atoms with Crippen LogP contribution in [-0.2, 0) is 27.8 Å². The number of carbonyl (C=O) groups excluding carboxylic acids is 2. The topological polar surface area (TPSA) is 97.7 Å². The van der Waals surface area contributed by atoms with E-state index in [0.717, 1.165) is 34.9 Å². The van der Waals surface area contributed by atoms with Crippen LogP contribution in [-0.4, -0.2) is 49.9 Å². The molecule has 0 atom stereocenters. The molecule has 0 aliphatic heterocycles. The predicted octanol–water partition coefficient (Wildman–Crippen LogP) is 5.07. The lowest BCUT2D eigenvalue weighted by Gasteiger charge is -2.24. The molecule has 5 rings (SSSR count). The molecule has 1 aliphatic carbocycles. The molecule has 0 radical (unpaired) electrons.